The first kappa shape index (κ1) is 16.9. The van der Waals surface area contributed by atoms with Crippen molar-refractivity contribution in [2.45, 2.75) is 19.9 Å². The molecule has 0 atom stereocenters. The predicted octanol–water partition coefficient (Wildman–Crippen LogP) is 3.92. The third kappa shape index (κ3) is 3.25. The molecule has 134 valence electrons. The Morgan fingerprint density at radius 1 is 1.12 bits per heavy atom. The normalized spacial score (nSPS) is 14.7. The summed E-state index contributed by atoms with van der Waals surface area (Å²) in [5.74, 6) is 0. The van der Waals surface area contributed by atoms with Crippen molar-refractivity contribution in [1.82, 2.24) is 14.9 Å². The minimum atomic E-state index is 0.834. The molecule has 0 saturated carbocycles. The lowest BCUT2D eigenvalue weighted by Crippen LogP contribution is -2.43. The molecule has 3 heterocycles. The molecule has 1 aliphatic heterocycles. The van der Waals surface area contributed by atoms with Crippen LogP contribution in [0.4, 0.5) is 5.69 Å². The van der Waals surface area contributed by atoms with Gasteiger partial charge < -0.3 is 14.8 Å². The number of allylic oxidation sites excluding steroid dienone is 1. The Balaban J connectivity index is 1.60. The molecule has 4 rings (SSSR count). The van der Waals surface area contributed by atoms with E-state index in [0.29, 0.717) is 0 Å². The molecule has 1 saturated heterocycles. The summed E-state index contributed by atoms with van der Waals surface area (Å²) >= 11 is 0. The summed E-state index contributed by atoms with van der Waals surface area (Å²) in [7, 11) is 0. The van der Waals surface area contributed by atoms with Gasteiger partial charge in [0.15, 0.2) is 0 Å². The first-order chi connectivity index (χ1) is 12.8. The van der Waals surface area contributed by atoms with E-state index in [9.17, 15) is 0 Å². The van der Waals surface area contributed by atoms with Gasteiger partial charge in [0, 0.05) is 56.2 Å². The Morgan fingerprint density at radius 3 is 2.62 bits per heavy atom. The van der Waals surface area contributed by atoms with Gasteiger partial charge in [-0.2, -0.15) is 0 Å². The number of piperazine rings is 1. The highest BCUT2D eigenvalue weighted by Crippen LogP contribution is 2.27. The first-order valence-electron chi connectivity index (χ1n) is 9.43. The lowest BCUT2D eigenvalue weighted by Gasteiger charge is -2.29. The monoisotopic (exact) mass is 346 g/mol. The van der Waals surface area contributed by atoms with E-state index < -0.39 is 0 Å². The molecule has 1 N–H and O–H groups in total. The highest BCUT2D eigenvalue weighted by Gasteiger charge is 2.15. The number of benzene rings is 1. The van der Waals surface area contributed by atoms with Crippen LogP contribution in [0.2, 0.25) is 0 Å². The predicted molar refractivity (Wildman–Crippen MR) is 110 cm³/mol. The molecule has 0 bridgehead atoms. The number of aromatic nitrogens is 2. The van der Waals surface area contributed by atoms with Crippen molar-refractivity contribution in [3.05, 3.63) is 66.5 Å². The lowest BCUT2D eigenvalue weighted by atomic mass is 10.0. The van der Waals surface area contributed by atoms with Crippen molar-refractivity contribution in [2.75, 3.05) is 31.1 Å². The van der Waals surface area contributed by atoms with Gasteiger partial charge in [-0.1, -0.05) is 37.8 Å². The van der Waals surface area contributed by atoms with Crippen LogP contribution < -0.4 is 10.2 Å². The molecule has 0 spiro atoms. The third-order valence-electron chi connectivity index (χ3n) is 5.24. The van der Waals surface area contributed by atoms with Gasteiger partial charge in [0.05, 0.1) is 0 Å². The second kappa shape index (κ2) is 7.34. The van der Waals surface area contributed by atoms with E-state index >= 15 is 0 Å². The molecule has 4 heteroatoms. The van der Waals surface area contributed by atoms with E-state index in [-0.39, 0.29) is 0 Å². The van der Waals surface area contributed by atoms with E-state index in [1.165, 1.54) is 27.8 Å². The Hall–Kier alpha value is -2.59. The molecule has 1 aromatic carbocycles. The fraction of sp³-hybridized carbons (Fsp3) is 0.318. The Labute approximate surface area is 155 Å². The molecule has 2 aromatic heterocycles. The van der Waals surface area contributed by atoms with Crippen LogP contribution in [0.3, 0.4) is 0 Å². The van der Waals surface area contributed by atoms with Gasteiger partial charge in [-0.15, -0.1) is 0 Å². The molecule has 26 heavy (non-hydrogen) atoms. The van der Waals surface area contributed by atoms with Gasteiger partial charge in [0.2, 0.25) is 0 Å². The summed E-state index contributed by atoms with van der Waals surface area (Å²) in [5, 5.41) is 4.66. The van der Waals surface area contributed by atoms with Crippen LogP contribution in [0, 0.1) is 0 Å². The summed E-state index contributed by atoms with van der Waals surface area (Å²) in [6.45, 7) is 11.3. The molecule has 3 aromatic rings. The molecule has 0 amide bonds. The smallest absolute Gasteiger partial charge is 0.142 e. The second-order valence-electron chi connectivity index (χ2n) is 6.90. The van der Waals surface area contributed by atoms with Crippen LogP contribution in [0.1, 0.15) is 24.5 Å². The summed E-state index contributed by atoms with van der Waals surface area (Å²) in [5.41, 5.74) is 6.05. The van der Waals surface area contributed by atoms with Crippen LogP contribution in [0.25, 0.3) is 16.6 Å². The fourth-order valence-corrected chi connectivity index (χ4v) is 3.63. The molecular weight excluding hydrogens is 320 g/mol. The van der Waals surface area contributed by atoms with Crippen molar-refractivity contribution < 1.29 is 0 Å². The summed E-state index contributed by atoms with van der Waals surface area (Å²) < 4.78 is 2.24. The quantitative estimate of drug-likeness (QED) is 0.760. The van der Waals surface area contributed by atoms with Crippen LogP contribution in [0.15, 0.2) is 55.4 Å². The molecular formula is C22H26N4. The molecule has 1 aliphatic rings. The number of anilines is 1. The summed E-state index contributed by atoms with van der Waals surface area (Å²) in [6, 6.07) is 13.1. The Morgan fingerprint density at radius 2 is 1.88 bits per heavy atom. The molecule has 0 radical (unpaired) electrons. The topological polar surface area (TPSA) is 33.1 Å². The number of pyridine rings is 1. The van der Waals surface area contributed by atoms with E-state index in [1.807, 2.05) is 6.20 Å². The maximum absolute atomic E-state index is 4.66. The van der Waals surface area contributed by atoms with E-state index in [1.54, 1.807) is 0 Å². The van der Waals surface area contributed by atoms with Crippen molar-refractivity contribution >= 4 is 22.3 Å². The zero-order valence-corrected chi connectivity index (χ0v) is 15.4. The van der Waals surface area contributed by atoms with Crippen molar-refractivity contribution in [3.63, 3.8) is 0 Å². The van der Waals surface area contributed by atoms with Gasteiger partial charge in [0.25, 0.3) is 0 Å². The SMILES string of the molecule is C=C(CC)c1ccc(Cn2ccc3c(N4CCNCC4)ccnc32)cc1. The average molecular weight is 346 g/mol. The average Bonchev–Trinajstić information content (AvgIpc) is 3.11. The highest BCUT2D eigenvalue weighted by molar-refractivity contribution is 5.90. The minimum Gasteiger partial charge on any atom is -0.368 e. The van der Waals surface area contributed by atoms with E-state index in [2.05, 4.69) is 75.9 Å². The van der Waals surface area contributed by atoms with Crippen LogP contribution in [0.5, 0.6) is 0 Å². The van der Waals surface area contributed by atoms with Crippen LogP contribution in [-0.2, 0) is 6.54 Å². The number of hydrogen-bond acceptors (Lipinski definition) is 3. The van der Waals surface area contributed by atoms with E-state index in [4.69, 9.17) is 0 Å². The number of rotatable bonds is 5. The molecule has 1 fully saturated rings. The van der Waals surface area contributed by atoms with Gasteiger partial charge in [0.1, 0.15) is 5.65 Å². The van der Waals surface area contributed by atoms with Crippen LogP contribution >= 0.6 is 0 Å². The zero-order chi connectivity index (χ0) is 17.9. The maximum Gasteiger partial charge on any atom is 0.142 e. The van der Waals surface area contributed by atoms with Gasteiger partial charge in [-0.05, 0) is 35.3 Å². The Bertz CT molecular complexity index is 902. The largest absolute Gasteiger partial charge is 0.368 e. The zero-order valence-electron chi connectivity index (χ0n) is 15.4. The standard InChI is InChI=1S/C22H26N4/c1-3-17(2)19-6-4-18(5-7-19)16-26-13-9-20-21(8-10-24-22(20)26)25-14-11-23-12-15-25/h4-10,13,23H,2-3,11-12,14-16H2,1H3. The molecule has 0 aliphatic carbocycles. The summed E-state index contributed by atoms with van der Waals surface area (Å²) in [4.78, 5) is 7.11. The van der Waals surface area contributed by atoms with E-state index in [0.717, 1.165) is 44.8 Å². The second-order valence-corrected chi connectivity index (χ2v) is 6.90. The fourth-order valence-electron chi connectivity index (χ4n) is 3.63. The van der Waals surface area contributed by atoms with Gasteiger partial charge >= 0.3 is 0 Å². The molecule has 0 unspecified atom stereocenters. The summed E-state index contributed by atoms with van der Waals surface area (Å²) in [6.07, 6.45) is 5.08. The van der Waals surface area contributed by atoms with Crippen molar-refractivity contribution in [3.8, 4) is 0 Å². The minimum absolute atomic E-state index is 0.834. The first-order valence-corrected chi connectivity index (χ1v) is 9.43. The number of hydrogen-bond donors (Lipinski definition) is 1. The third-order valence-corrected chi connectivity index (χ3v) is 5.24. The van der Waals surface area contributed by atoms with Crippen molar-refractivity contribution in [1.29, 1.82) is 0 Å². The van der Waals surface area contributed by atoms with Gasteiger partial charge in [-0.25, -0.2) is 4.98 Å². The maximum atomic E-state index is 4.66. The van der Waals surface area contributed by atoms with Crippen molar-refractivity contribution in [2.24, 2.45) is 0 Å². The number of nitrogens with zero attached hydrogens (tertiary/aromatic N) is 3. The lowest BCUT2D eigenvalue weighted by molar-refractivity contribution is 0.590. The molecule has 4 nitrogen and oxygen atoms in total. The highest BCUT2D eigenvalue weighted by atomic mass is 15.2. The number of fused-ring (bicyclic) bond motifs is 1. The van der Waals surface area contributed by atoms with Crippen LogP contribution in [-0.4, -0.2) is 35.7 Å². The Kier molecular flexibility index (Phi) is 4.76. The number of nitrogens with one attached hydrogen (secondary N) is 1. The van der Waals surface area contributed by atoms with Gasteiger partial charge in [-0.3, -0.25) is 0 Å².